The van der Waals surface area contributed by atoms with Gasteiger partial charge in [-0.15, -0.1) is 24.0 Å². The molecular weight excluding hydrogens is 487 g/mol. The van der Waals surface area contributed by atoms with Crippen LogP contribution in [0.3, 0.4) is 0 Å². The third kappa shape index (κ3) is 5.81. The highest BCUT2D eigenvalue weighted by Gasteiger charge is 2.35. The number of rotatable bonds is 5. The van der Waals surface area contributed by atoms with E-state index in [1.165, 1.54) is 50.0 Å². The summed E-state index contributed by atoms with van der Waals surface area (Å²) in [5, 5.41) is 12.9. The summed E-state index contributed by atoms with van der Waals surface area (Å²) in [7, 11) is 0. The molecule has 2 saturated heterocycles. The predicted molar refractivity (Wildman–Crippen MR) is 136 cm³/mol. The quantitative estimate of drug-likeness (QED) is 0.345. The predicted octanol–water partition coefficient (Wildman–Crippen LogP) is 4.10. The molecular formula is C24H39IN4O. The lowest BCUT2D eigenvalue weighted by Gasteiger charge is -2.32. The SMILES string of the molecule is CCNC(=NCc1ccc(N2CCC(CO)CC2)cc1)N1CC2CCCCC2C1.I. The number of aliphatic imine (C=N–C) groups is 1. The minimum Gasteiger partial charge on any atom is -0.396 e. The van der Waals surface area contributed by atoms with Gasteiger partial charge in [-0.2, -0.15) is 0 Å². The lowest BCUT2D eigenvalue weighted by molar-refractivity contribution is 0.203. The number of nitrogens with zero attached hydrogens (tertiary/aromatic N) is 3. The standard InChI is InChI=1S/C24H38N4O.HI/c1-2-25-24(28-16-21-5-3-4-6-22(21)17-28)26-15-19-7-9-23(10-8-19)27-13-11-20(18-29)12-14-27;/h7-10,20-22,29H,2-6,11-18H2,1H3,(H,25,26);1H. The third-order valence-corrected chi connectivity index (χ3v) is 7.20. The van der Waals surface area contributed by atoms with E-state index in [1.54, 1.807) is 0 Å². The second kappa shape index (κ2) is 11.6. The second-order valence-corrected chi connectivity index (χ2v) is 9.16. The monoisotopic (exact) mass is 526 g/mol. The first-order chi connectivity index (χ1) is 14.3. The van der Waals surface area contributed by atoms with E-state index in [1.807, 2.05) is 0 Å². The molecule has 2 N–H and O–H groups in total. The zero-order chi connectivity index (χ0) is 20.1. The number of piperidine rings is 1. The molecule has 1 aromatic carbocycles. The van der Waals surface area contributed by atoms with Crippen molar-refractivity contribution in [1.82, 2.24) is 10.2 Å². The van der Waals surface area contributed by atoms with Crippen LogP contribution in [0, 0.1) is 17.8 Å². The molecule has 0 spiro atoms. The molecule has 5 nitrogen and oxygen atoms in total. The summed E-state index contributed by atoms with van der Waals surface area (Å²) in [5.74, 6) is 3.33. The van der Waals surface area contributed by atoms with Crippen LogP contribution < -0.4 is 10.2 Å². The Morgan fingerprint density at radius 1 is 1.03 bits per heavy atom. The third-order valence-electron chi connectivity index (χ3n) is 7.20. The molecule has 0 amide bonds. The van der Waals surface area contributed by atoms with Gasteiger partial charge in [-0.05, 0) is 68.1 Å². The Balaban J connectivity index is 0.00000256. The van der Waals surface area contributed by atoms with Crippen molar-refractivity contribution in [2.75, 3.05) is 44.2 Å². The fourth-order valence-electron chi connectivity index (χ4n) is 5.36. The number of aliphatic hydroxyl groups is 1. The van der Waals surface area contributed by atoms with Crippen LogP contribution in [-0.4, -0.2) is 55.3 Å². The second-order valence-electron chi connectivity index (χ2n) is 9.16. The van der Waals surface area contributed by atoms with E-state index in [-0.39, 0.29) is 24.0 Å². The molecule has 3 aliphatic rings. The number of hydrogen-bond donors (Lipinski definition) is 2. The van der Waals surface area contributed by atoms with Gasteiger partial charge in [-0.25, -0.2) is 4.99 Å². The lowest BCUT2D eigenvalue weighted by atomic mass is 9.82. The normalized spacial score (nSPS) is 25.1. The Labute approximate surface area is 199 Å². The lowest BCUT2D eigenvalue weighted by Crippen LogP contribution is -2.40. The van der Waals surface area contributed by atoms with Crippen molar-refractivity contribution in [1.29, 1.82) is 0 Å². The topological polar surface area (TPSA) is 51.1 Å². The van der Waals surface area contributed by atoms with Crippen molar-refractivity contribution in [3.8, 4) is 0 Å². The minimum absolute atomic E-state index is 0. The molecule has 2 aliphatic heterocycles. The van der Waals surface area contributed by atoms with Crippen molar-refractivity contribution in [2.24, 2.45) is 22.7 Å². The van der Waals surface area contributed by atoms with Crippen LogP contribution in [0.15, 0.2) is 29.3 Å². The van der Waals surface area contributed by atoms with Gasteiger partial charge in [0.1, 0.15) is 0 Å². The summed E-state index contributed by atoms with van der Waals surface area (Å²) < 4.78 is 0. The maximum atomic E-state index is 9.33. The zero-order valence-electron chi connectivity index (χ0n) is 18.4. The molecule has 3 fully saturated rings. The molecule has 4 rings (SSSR count). The van der Waals surface area contributed by atoms with Crippen LogP contribution in [0.5, 0.6) is 0 Å². The maximum absolute atomic E-state index is 9.33. The van der Waals surface area contributed by atoms with Crippen LogP contribution in [0.25, 0.3) is 0 Å². The summed E-state index contributed by atoms with van der Waals surface area (Å²) >= 11 is 0. The van der Waals surface area contributed by atoms with Gasteiger partial charge in [0.15, 0.2) is 5.96 Å². The molecule has 1 aromatic rings. The summed E-state index contributed by atoms with van der Waals surface area (Å²) in [4.78, 5) is 9.92. The highest BCUT2D eigenvalue weighted by Crippen LogP contribution is 2.36. The van der Waals surface area contributed by atoms with E-state index in [2.05, 4.69) is 46.3 Å². The molecule has 0 radical (unpaired) electrons. The number of aliphatic hydroxyl groups excluding tert-OH is 1. The van der Waals surface area contributed by atoms with E-state index in [9.17, 15) is 5.11 Å². The van der Waals surface area contributed by atoms with Crippen LogP contribution in [0.2, 0.25) is 0 Å². The molecule has 0 bridgehead atoms. The van der Waals surface area contributed by atoms with Crippen molar-refractivity contribution in [3.63, 3.8) is 0 Å². The first-order valence-corrected chi connectivity index (χ1v) is 11.7. The first-order valence-electron chi connectivity index (χ1n) is 11.7. The van der Waals surface area contributed by atoms with Gasteiger partial charge >= 0.3 is 0 Å². The van der Waals surface area contributed by atoms with E-state index in [0.29, 0.717) is 12.5 Å². The number of anilines is 1. The Morgan fingerprint density at radius 3 is 2.23 bits per heavy atom. The Hall–Kier alpha value is -1.02. The molecule has 30 heavy (non-hydrogen) atoms. The Bertz CT molecular complexity index is 658. The molecule has 6 heteroatoms. The summed E-state index contributed by atoms with van der Waals surface area (Å²) in [6.45, 7) is 8.60. The molecule has 2 unspecified atom stereocenters. The van der Waals surface area contributed by atoms with Crippen molar-refractivity contribution in [2.45, 2.75) is 52.0 Å². The number of benzene rings is 1. The van der Waals surface area contributed by atoms with Gasteiger partial charge in [0.05, 0.1) is 6.54 Å². The van der Waals surface area contributed by atoms with E-state index in [0.717, 1.165) is 56.8 Å². The van der Waals surface area contributed by atoms with Crippen LogP contribution in [0.1, 0.15) is 51.0 Å². The van der Waals surface area contributed by atoms with Gasteiger partial charge in [0, 0.05) is 45.0 Å². The molecule has 0 aromatic heterocycles. The van der Waals surface area contributed by atoms with Gasteiger partial charge in [0.25, 0.3) is 0 Å². The maximum Gasteiger partial charge on any atom is 0.194 e. The Kier molecular flexibility index (Phi) is 9.11. The summed E-state index contributed by atoms with van der Waals surface area (Å²) in [6.07, 6.45) is 7.80. The largest absolute Gasteiger partial charge is 0.396 e. The highest BCUT2D eigenvalue weighted by molar-refractivity contribution is 14.0. The van der Waals surface area contributed by atoms with Crippen molar-refractivity contribution >= 4 is 35.6 Å². The fourth-order valence-corrected chi connectivity index (χ4v) is 5.36. The van der Waals surface area contributed by atoms with Gasteiger partial charge in [-0.1, -0.05) is 25.0 Å². The number of hydrogen-bond acceptors (Lipinski definition) is 3. The number of fused-ring (bicyclic) bond motifs is 1. The smallest absolute Gasteiger partial charge is 0.194 e. The van der Waals surface area contributed by atoms with Crippen molar-refractivity contribution in [3.05, 3.63) is 29.8 Å². The van der Waals surface area contributed by atoms with E-state index < -0.39 is 0 Å². The van der Waals surface area contributed by atoms with Gasteiger partial charge < -0.3 is 20.2 Å². The number of guanidine groups is 1. The van der Waals surface area contributed by atoms with Crippen molar-refractivity contribution < 1.29 is 5.11 Å². The molecule has 2 atom stereocenters. The summed E-state index contributed by atoms with van der Waals surface area (Å²) in [5.41, 5.74) is 2.57. The van der Waals surface area contributed by atoms with Gasteiger partial charge in [0.2, 0.25) is 0 Å². The first kappa shape index (κ1) is 23.6. The molecule has 168 valence electrons. The molecule has 1 aliphatic carbocycles. The molecule has 1 saturated carbocycles. The van der Waals surface area contributed by atoms with E-state index >= 15 is 0 Å². The average molecular weight is 527 g/mol. The summed E-state index contributed by atoms with van der Waals surface area (Å²) in [6, 6.07) is 8.93. The van der Waals surface area contributed by atoms with E-state index in [4.69, 9.17) is 4.99 Å². The van der Waals surface area contributed by atoms with Crippen LogP contribution in [0.4, 0.5) is 5.69 Å². The number of likely N-dealkylation sites (tertiary alicyclic amines) is 1. The van der Waals surface area contributed by atoms with Crippen LogP contribution in [-0.2, 0) is 6.54 Å². The molecule has 2 heterocycles. The highest BCUT2D eigenvalue weighted by atomic mass is 127. The fraction of sp³-hybridized carbons (Fsp3) is 0.708. The minimum atomic E-state index is 0. The van der Waals surface area contributed by atoms with Crippen LogP contribution >= 0.6 is 24.0 Å². The Morgan fingerprint density at radius 2 is 1.67 bits per heavy atom. The average Bonchev–Trinajstić information content (AvgIpc) is 3.21. The number of halogens is 1. The zero-order valence-corrected chi connectivity index (χ0v) is 20.8. The van der Waals surface area contributed by atoms with Gasteiger partial charge in [-0.3, -0.25) is 0 Å². The number of nitrogens with one attached hydrogen (secondary N) is 1.